The molecule has 0 aromatic carbocycles. The van der Waals surface area contributed by atoms with Crippen molar-refractivity contribution in [3.63, 3.8) is 0 Å². The maximum Gasteiger partial charge on any atom is 0.306 e. The molecule has 0 aromatic rings. The van der Waals surface area contributed by atoms with Gasteiger partial charge >= 0.3 is 17.9 Å². The zero-order valence-corrected chi connectivity index (χ0v) is 51.8. The first kappa shape index (κ1) is 74.2. The fraction of sp³-hybridized carbons (Fsp3) is 0.929. The lowest BCUT2D eigenvalue weighted by molar-refractivity contribution is -0.167. The molecule has 1 unspecified atom stereocenters. The standard InChI is InChI=1S/C70H134O6/c1-4-7-10-13-16-19-22-25-27-29-30-31-32-33-34-35-36-37-38-39-40-41-43-45-48-51-54-57-60-63-69(72)75-66-67(65-74-68(71)62-59-56-53-50-47-44-24-21-18-15-12-9-6-3)76-70(73)64-61-58-55-52-49-46-42-28-26-23-20-17-14-11-8-5-2/h28,42,67H,4-27,29-41,43-66H2,1-3H3/b42-28-. The summed E-state index contributed by atoms with van der Waals surface area (Å²) in [6, 6.07) is 0. The Hall–Kier alpha value is -1.85. The average molecular weight is 1070 g/mol. The van der Waals surface area contributed by atoms with E-state index in [9.17, 15) is 14.4 Å². The van der Waals surface area contributed by atoms with Gasteiger partial charge in [-0.2, -0.15) is 0 Å². The summed E-state index contributed by atoms with van der Waals surface area (Å²) in [4.78, 5) is 38.3. The van der Waals surface area contributed by atoms with E-state index < -0.39 is 6.10 Å². The molecule has 0 N–H and O–H groups in total. The number of unbranched alkanes of at least 4 members (excludes halogenated alkanes) is 52. The summed E-state index contributed by atoms with van der Waals surface area (Å²) in [7, 11) is 0. The largest absolute Gasteiger partial charge is 0.462 e. The Balaban J connectivity index is 4.13. The predicted octanol–water partition coefficient (Wildman–Crippen LogP) is 23.6. The zero-order chi connectivity index (χ0) is 55.0. The molecule has 0 radical (unpaired) electrons. The van der Waals surface area contributed by atoms with Gasteiger partial charge in [-0.1, -0.05) is 348 Å². The quantitative estimate of drug-likeness (QED) is 0.0261. The first-order valence-electron chi connectivity index (χ1n) is 34.7. The summed E-state index contributed by atoms with van der Waals surface area (Å²) in [6.07, 6.45) is 78.2. The SMILES string of the molecule is CCCCCCCCC/C=C\CCCCCCCC(=O)OC(COC(=O)CCCCCCCCCCCCCCC)COC(=O)CCCCCCCCCCCCCCCCCCCCCCCCCCCCCCC. The minimum absolute atomic E-state index is 0.0668. The fourth-order valence-electron chi connectivity index (χ4n) is 10.8. The van der Waals surface area contributed by atoms with Crippen LogP contribution in [0, 0.1) is 0 Å². The molecule has 0 amide bonds. The van der Waals surface area contributed by atoms with E-state index in [-0.39, 0.29) is 31.1 Å². The van der Waals surface area contributed by atoms with Crippen LogP contribution >= 0.6 is 0 Å². The number of allylic oxidation sites excluding steroid dienone is 2. The molecule has 1 atom stereocenters. The third-order valence-corrected chi connectivity index (χ3v) is 16.0. The van der Waals surface area contributed by atoms with Crippen molar-refractivity contribution in [1.82, 2.24) is 0 Å². The normalized spacial score (nSPS) is 12.0. The number of hydrogen-bond acceptors (Lipinski definition) is 6. The van der Waals surface area contributed by atoms with E-state index in [1.165, 1.54) is 295 Å². The van der Waals surface area contributed by atoms with Crippen LogP contribution in [0.3, 0.4) is 0 Å². The van der Waals surface area contributed by atoms with E-state index in [1.807, 2.05) is 0 Å². The Kier molecular flexibility index (Phi) is 64.1. The molecule has 0 aliphatic rings. The highest BCUT2D eigenvalue weighted by molar-refractivity contribution is 5.71. The van der Waals surface area contributed by atoms with E-state index in [0.29, 0.717) is 19.3 Å². The van der Waals surface area contributed by atoms with Crippen LogP contribution in [0.15, 0.2) is 12.2 Å². The third kappa shape index (κ3) is 63.0. The number of rotatable bonds is 65. The Morgan fingerprint density at radius 1 is 0.250 bits per heavy atom. The Bertz CT molecular complexity index is 1180. The lowest BCUT2D eigenvalue weighted by Gasteiger charge is -2.18. The van der Waals surface area contributed by atoms with Crippen molar-refractivity contribution in [2.75, 3.05) is 13.2 Å². The van der Waals surface area contributed by atoms with E-state index >= 15 is 0 Å². The third-order valence-electron chi connectivity index (χ3n) is 16.0. The van der Waals surface area contributed by atoms with Gasteiger partial charge in [0.05, 0.1) is 0 Å². The molecular weight excluding hydrogens is 937 g/mol. The van der Waals surface area contributed by atoms with Crippen molar-refractivity contribution in [2.45, 2.75) is 406 Å². The smallest absolute Gasteiger partial charge is 0.306 e. The van der Waals surface area contributed by atoms with Gasteiger partial charge < -0.3 is 14.2 Å². The van der Waals surface area contributed by atoms with Crippen LogP contribution in [0.1, 0.15) is 400 Å². The molecule has 0 aliphatic heterocycles. The van der Waals surface area contributed by atoms with Gasteiger partial charge in [-0.05, 0) is 44.9 Å². The first-order chi connectivity index (χ1) is 37.5. The second kappa shape index (κ2) is 65.7. The maximum atomic E-state index is 12.9. The molecule has 0 saturated carbocycles. The lowest BCUT2D eigenvalue weighted by atomic mass is 10.0. The van der Waals surface area contributed by atoms with Crippen LogP contribution < -0.4 is 0 Å². The van der Waals surface area contributed by atoms with Crippen LogP contribution in [0.25, 0.3) is 0 Å². The van der Waals surface area contributed by atoms with Gasteiger partial charge in [0.15, 0.2) is 6.10 Å². The van der Waals surface area contributed by atoms with Crippen molar-refractivity contribution in [1.29, 1.82) is 0 Å². The second-order valence-corrected chi connectivity index (χ2v) is 23.8. The minimum Gasteiger partial charge on any atom is -0.462 e. The molecule has 6 nitrogen and oxygen atoms in total. The second-order valence-electron chi connectivity index (χ2n) is 23.8. The van der Waals surface area contributed by atoms with Crippen molar-refractivity contribution < 1.29 is 28.6 Å². The van der Waals surface area contributed by atoms with Gasteiger partial charge in [-0.15, -0.1) is 0 Å². The minimum atomic E-state index is -0.770. The van der Waals surface area contributed by atoms with Crippen LogP contribution in [0.4, 0.5) is 0 Å². The molecule has 0 saturated heterocycles. The van der Waals surface area contributed by atoms with Crippen molar-refractivity contribution in [3.8, 4) is 0 Å². The van der Waals surface area contributed by atoms with Crippen LogP contribution in [0.2, 0.25) is 0 Å². The Morgan fingerprint density at radius 2 is 0.434 bits per heavy atom. The van der Waals surface area contributed by atoms with E-state index in [2.05, 4.69) is 32.9 Å². The molecule has 0 heterocycles. The molecule has 0 rings (SSSR count). The van der Waals surface area contributed by atoms with Gasteiger partial charge in [-0.3, -0.25) is 14.4 Å². The van der Waals surface area contributed by atoms with Crippen molar-refractivity contribution in [2.24, 2.45) is 0 Å². The van der Waals surface area contributed by atoms with Gasteiger partial charge in [0.2, 0.25) is 0 Å². The summed E-state index contributed by atoms with van der Waals surface area (Å²) in [5.74, 6) is -0.844. The van der Waals surface area contributed by atoms with Crippen LogP contribution in [-0.4, -0.2) is 37.2 Å². The number of carbonyl (C=O) groups excluding carboxylic acids is 3. The Morgan fingerprint density at radius 3 is 0.658 bits per heavy atom. The molecule has 450 valence electrons. The molecular formula is C70H134O6. The number of esters is 3. The maximum absolute atomic E-state index is 12.9. The highest BCUT2D eigenvalue weighted by atomic mass is 16.6. The van der Waals surface area contributed by atoms with Crippen molar-refractivity contribution >= 4 is 17.9 Å². The first-order valence-corrected chi connectivity index (χ1v) is 34.7. The number of carbonyl (C=O) groups is 3. The van der Waals surface area contributed by atoms with Crippen LogP contribution in [0.5, 0.6) is 0 Å². The molecule has 76 heavy (non-hydrogen) atoms. The van der Waals surface area contributed by atoms with Gasteiger partial charge in [0.25, 0.3) is 0 Å². The highest BCUT2D eigenvalue weighted by Crippen LogP contribution is 2.19. The summed E-state index contributed by atoms with van der Waals surface area (Å²) in [5, 5.41) is 0. The van der Waals surface area contributed by atoms with E-state index in [4.69, 9.17) is 14.2 Å². The number of ether oxygens (including phenoxy) is 3. The summed E-state index contributed by atoms with van der Waals surface area (Å²) >= 11 is 0. The van der Waals surface area contributed by atoms with E-state index in [1.54, 1.807) is 0 Å². The highest BCUT2D eigenvalue weighted by Gasteiger charge is 2.19. The molecule has 0 fully saturated rings. The molecule has 0 aromatic heterocycles. The number of hydrogen-bond donors (Lipinski definition) is 0. The summed E-state index contributed by atoms with van der Waals surface area (Å²) in [6.45, 7) is 6.71. The Labute approximate surface area is 475 Å². The average Bonchev–Trinajstić information content (AvgIpc) is 3.42. The molecule has 0 bridgehead atoms. The van der Waals surface area contributed by atoms with E-state index in [0.717, 1.165) is 64.2 Å². The van der Waals surface area contributed by atoms with Gasteiger partial charge in [0.1, 0.15) is 13.2 Å². The van der Waals surface area contributed by atoms with Crippen LogP contribution in [-0.2, 0) is 28.6 Å². The topological polar surface area (TPSA) is 78.9 Å². The predicted molar refractivity (Wildman–Crippen MR) is 330 cm³/mol. The fourth-order valence-corrected chi connectivity index (χ4v) is 10.8. The molecule has 0 spiro atoms. The van der Waals surface area contributed by atoms with Crippen molar-refractivity contribution in [3.05, 3.63) is 12.2 Å². The lowest BCUT2D eigenvalue weighted by Crippen LogP contribution is -2.30. The monoisotopic (exact) mass is 1070 g/mol. The van der Waals surface area contributed by atoms with Gasteiger partial charge in [-0.25, -0.2) is 0 Å². The van der Waals surface area contributed by atoms with Gasteiger partial charge in [0, 0.05) is 19.3 Å². The molecule has 0 aliphatic carbocycles. The molecule has 6 heteroatoms. The zero-order valence-electron chi connectivity index (χ0n) is 51.8. The summed E-state index contributed by atoms with van der Waals surface area (Å²) < 4.78 is 17.0. The summed E-state index contributed by atoms with van der Waals surface area (Å²) in [5.41, 5.74) is 0.